The normalized spacial score (nSPS) is 10.6. The third kappa shape index (κ3) is 4.20. The second-order valence-corrected chi connectivity index (χ2v) is 6.10. The summed E-state index contributed by atoms with van der Waals surface area (Å²) in [5, 5.41) is 2.70. The number of rotatable bonds is 5. The molecule has 27 heavy (non-hydrogen) atoms. The molecular weight excluding hydrogens is 349 g/mol. The molecule has 0 aliphatic carbocycles. The number of aryl methyl sites for hydroxylation is 1. The van der Waals surface area contributed by atoms with Crippen LogP contribution in [0.4, 0.5) is 4.39 Å². The van der Waals surface area contributed by atoms with Crippen molar-refractivity contribution in [3.05, 3.63) is 98.6 Å². The molecule has 1 amide bonds. The fourth-order valence-electron chi connectivity index (χ4n) is 2.67. The maximum Gasteiger partial charge on any atom is 0.320 e. The van der Waals surface area contributed by atoms with E-state index in [2.05, 4.69) is 5.32 Å². The first kappa shape index (κ1) is 18.3. The third-order valence-electron chi connectivity index (χ3n) is 4.14. The zero-order chi connectivity index (χ0) is 19.4. The highest BCUT2D eigenvalue weighted by atomic mass is 19.1. The van der Waals surface area contributed by atoms with Crippen LogP contribution in [0.3, 0.4) is 0 Å². The molecule has 0 atom stereocenters. The van der Waals surface area contributed by atoms with Crippen LogP contribution in [0.2, 0.25) is 0 Å². The van der Waals surface area contributed by atoms with Crippen LogP contribution in [0, 0.1) is 12.7 Å². The van der Waals surface area contributed by atoms with E-state index >= 15 is 0 Å². The molecule has 0 aliphatic rings. The summed E-state index contributed by atoms with van der Waals surface area (Å²) in [6.45, 7) is 1.77. The molecule has 2 aromatic carbocycles. The number of nitrogens with one attached hydrogen (secondary N) is 1. The van der Waals surface area contributed by atoms with Crippen molar-refractivity contribution in [1.29, 1.82) is 0 Å². The van der Waals surface area contributed by atoms with E-state index in [9.17, 15) is 18.8 Å². The summed E-state index contributed by atoms with van der Waals surface area (Å²) in [7, 11) is 0. The second kappa shape index (κ2) is 7.82. The Labute approximate surface area is 154 Å². The van der Waals surface area contributed by atoms with Crippen molar-refractivity contribution in [3.63, 3.8) is 0 Å². The van der Waals surface area contributed by atoms with E-state index in [1.807, 2.05) is 30.3 Å². The molecule has 1 N–H and O–H groups in total. The highest BCUT2D eigenvalue weighted by molar-refractivity contribution is 5.75. The van der Waals surface area contributed by atoms with Gasteiger partial charge >= 0.3 is 11.1 Å². The summed E-state index contributed by atoms with van der Waals surface area (Å²) in [5.74, 6) is -0.896. The Hall–Kier alpha value is -3.48. The van der Waals surface area contributed by atoms with Gasteiger partial charge in [-0.2, -0.15) is 0 Å². The lowest BCUT2D eigenvalue weighted by Gasteiger charge is -2.11. The summed E-state index contributed by atoms with van der Waals surface area (Å²) in [6, 6.07) is 13.3. The first-order chi connectivity index (χ1) is 13.0. The summed E-state index contributed by atoms with van der Waals surface area (Å²) < 4.78 is 15.6. The number of carbonyl (C=O) groups excluding carboxylic acids is 1. The van der Waals surface area contributed by atoms with E-state index in [4.69, 9.17) is 0 Å². The zero-order valence-electron chi connectivity index (χ0n) is 14.7. The maximum atomic E-state index is 13.5. The van der Waals surface area contributed by atoms with Crippen molar-refractivity contribution in [1.82, 2.24) is 14.5 Å². The maximum absolute atomic E-state index is 13.5. The Morgan fingerprint density at radius 1 is 1.04 bits per heavy atom. The minimum absolute atomic E-state index is 0.274. The van der Waals surface area contributed by atoms with Crippen molar-refractivity contribution >= 4 is 5.91 Å². The predicted molar refractivity (Wildman–Crippen MR) is 99.3 cm³/mol. The average Bonchev–Trinajstić information content (AvgIpc) is 2.67. The lowest BCUT2D eigenvalue weighted by Crippen LogP contribution is -2.42. The smallest absolute Gasteiger partial charge is 0.320 e. The van der Waals surface area contributed by atoms with E-state index in [1.54, 1.807) is 6.92 Å². The molecule has 1 aromatic heterocycles. The first-order valence-electron chi connectivity index (χ1n) is 8.35. The van der Waals surface area contributed by atoms with Crippen molar-refractivity contribution in [2.75, 3.05) is 0 Å². The Morgan fingerprint density at radius 3 is 2.52 bits per heavy atom. The second-order valence-electron chi connectivity index (χ2n) is 6.10. The fraction of sp³-hybridized carbons (Fsp3) is 0.150. The highest BCUT2D eigenvalue weighted by Crippen LogP contribution is 2.13. The Bertz CT molecular complexity index is 1090. The van der Waals surface area contributed by atoms with Crippen molar-refractivity contribution < 1.29 is 9.18 Å². The average molecular weight is 367 g/mol. The number of benzene rings is 2. The molecule has 3 rings (SSSR count). The number of nitrogens with zero attached hydrogens (tertiary/aromatic N) is 2. The van der Waals surface area contributed by atoms with Crippen LogP contribution in [-0.2, 0) is 17.9 Å². The SMILES string of the molecule is Cc1ccc(F)cc1-n1ccn(CC(=O)NCc2ccccc2)c(=O)c1=O. The number of hydrogen-bond acceptors (Lipinski definition) is 3. The Morgan fingerprint density at radius 2 is 1.78 bits per heavy atom. The van der Waals surface area contributed by atoms with Gasteiger partial charge in [0.15, 0.2) is 0 Å². The largest absolute Gasteiger partial charge is 0.350 e. The van der Waals surface area contributed by atoms with Gasteiger partial charge in [-0.1, -0.05) is 36.4 Å². The third-order valence-corrected chi connectivity index (χ3v) is 4.14. The molecule has 0 bridgehead atoms. The number of aromatic nitrogens is 2. The molecule has 0 unspecified atom stereocenters. The van der Waals surface area contributed by atoms with E-state index in [0.717, 1.165) is 14.7 Å². The van der Waals surface area contributed by atoms with Crippen molar-refractivity contribution in [3.8, 4) is 5.69 Å². The molecule has 3 aromatic rings. The van der Waals surface area contributed by atoms with Gasteiger partial charge in [0.05, 0.1) is 5.69 Å². The summed E-state index contributed by atoms with van der Waals surface area (Å²) in [4.78, 5) is 36.8. The van der Waals surface area contributed by atoms with Crippen LogP contribution in [0.25, 0.3) is 5.69 Å². The predicted octanol–water partition coefficient (Wildman–Crippen LogP) is 1.76. The van der Waals surface area contributed by atoms with Crippen LogP contribution in [0.1, 0.15) is 11.1 Å². The van der Waals surface area contributed by atoms with Gasteiger partial charge in [-0.05, 0) is 30.2 Å². The number of carbonyl (C=O) groups is 1. The van der Waals surface area contributed by atoms with Gasteiger partial charge < -0.3 is 5.32 Å². The van der Waals surface area contributed by atoms with Gasteiger partial charge in [0.1, 0.15) is 12.4 Å². The van der Waals surface area contributed by atoms with Gasteiger partial charge in [0.2, 0.25) is 5.91 Å². The monoisotopic (exact) mass is 367 g/mol. The van der Waals surface area contributed by atoms with Crippen LogP contribution >= 0.6 is 0 Å². The molecule has 1 heterocycles. The lowest BCUT2D eigenvalue weighted by atomic mass is 10.2. The van der Waals surface area contributed by atoms with E-state index < -0.39 is 16.9 Å². The van der Waals surface area contributed by atoms with Gasteiger partial charge in [0, 0.05) is 18.9 Å². The lowest BCUT2D eigenvalue weighted by molar-refractivity contribution is -0.121. The summed E-state index contributed by atoms with van der Waals surface area (Å²) >= 11 is 0. The fourth-order valence-corrected chi connectivity index (χ4v) is 2.67. The van der Waals surface area contributed by atoms with Crippen LogP contribution in [-0.4, -0.2) is 15.0 Å². The number of hydrogen-bond donors (Lipinski definition) is 1. The molecule has 7 heteroatoms. The minimum atomic E-state index is -0.851. The molecule has 0 fully saturated rings. The topological polar surface area (TPSA) is 73.1 Å². The van der Waals surface area contributed by atoms with Gasteiger partial charge in [0.25, 0.3) is 0 Å². The zero-order valence-corrected chi connectivity index (χ0v) is 14.7. The van der Waals surface area contributed by atoms with Gasteiger partial charge in [-0.15, -0.1) is 0 Å². The minimum Gasteiger partial charge on any atom is -0.350 e. The molecule has 0 aliphatic heterocycles. The van der Waals surface area contributed by atoms with E-state index in [0.29, 0.717) is 12.1 Å². The quantitative estimate of drug-likeness (QED) is 0.699. The Kier molecular flexibility index (Phi) is 5.30. The van der Waals surface area contributed by atoms with Gasteiger partial charge in [-0.25, -0.2) is 4.39 Å². The van der Waals surface area contributed by atoms with Gasteiger partial charge in [-0.3, -0.25) is 23.5 Å². The highest BCUT2D eigenvalue weighted by Gasteiger charge is 2.11. The summed E-state index contributed by atoms with van der Waals surface area (Å²) in [6.07, 6.45) is 2.70. The molecule has 0 radical (unpaired) electrons. The molecule has 138 valence electrons. The van der Waals surface area contributed by atoms with Crippen molar-refractivity contribution in [2.24, 2.45) is 0 Å². The van der Waals surface area contributed by atoms with E-state index in [1.165, 1.54) is 30.6 Å². The van der Waals surface area contributed by atoms with Crippen LogP contribution in [0.15, 0.2) is 70.5 Å². The van der Waals surface area contributed by atoms with E-state index in [-0.39, 0.29) is 18.1 Å². The number of amides is 1. The molecule has 6 nitrogen and oxygen atoms in total. The number of halogens is 1. The summed E-state index contributed by atoms with van der Waals surface area (Å²) in [5.41, 5.74) is 0.169. The Balaban J connectivity index is 1.79. The standard InChI is InChI=1S/C20H18FN3O3/c1-14-7-8-16(21)11-17(14)24-10-9-23(19(26)20(24)27)13-18(25)22-12-15-5-3-2-4-6-15/h2-11H,12-13H2,1H3,(H,22,25). The van der Waals surface area contributed by atoms with Crippen molar-refractivity contribution in [2.45, 2.75) is 20.0 Å². The molecule has 0 saturated carbocycles. The van der Waals surface area contributed by atoms with Crippen LogP contribution < -0.4 is 16.4 Å². The molecular formula is C20H18FN3O3. The molecule has 0 spiro atoms. The molecule has 0 saturated heterocycles. The first-order valence-corrected chi connectivity index (χ1v) is 8.35. The van der Waals surface area contributed by atoms with Crippen LogP contribution in [0.5, 0.6) is 0 Å².